The minimum absolute atomic E-state index is 0.199. The van der Waals surface area contributed by atoms with Gasteiger partial charge in [0, 0.05) is 0 Å². The molecular formula is C5H11N3O2. The molecule has 0 aliphatic carbocycles. The van der Waals surface area contributed by atoms with E-state index >= 15 is 0 Å². The van der Waals surface area contributed by atoms with Crippen LogP contribution in [0.5, 0.6) is 0 Å². The largest absolute Gasteiger partial charge is 0.445 e. The summed E-state index contributed by atoms with van der Waals surface area (Å²) in [6.45, 7) is 3.42. The summed E-state index contributed by atoms with van der Waals surface area (Å²) in [5, 5.41) is 0. The molecule has 0 atom stereocenters. The Hall–Kier alpha value is -1.26. The number of amides is 1. The van der Waals surface area contributed by atoms with Gasteiger partial charge in [0.1, 0.15) is 0 Å². The first-order valence-electron chi connectivity index (χ1n) is 2.82. The lowest BCUT2D eigenvalue weighted by molar-refractivity contribution is 0.126. The number of nitrogens with two attached hydrogens (primary N) is 2. The van der Waals surface area contributed by atoms with Gasteiger partial charge in [-0.15, -0.1) is 4.99 Å². The summed E-state index contributed by atoms with van der Waals surface area (Å²) in [5.41, 5.74) is 9.79. The van der Waals surface area contributed by atoms with E-state index in [4.69, 9.17) is 11.5 Å². The summed E-state index contributed by atoms with van der Waals surface area (Å²) >= 11 is 0. The third-order valence-corrected chi connectivity index (χ3v) is 0.557. The molecule has 0 aromatic rings. The highest BCUT2D eigenvalue weighted by Gasteiger charge is 2.01. The van der Waals surface area contributed by atoms with E-state index in [2.05, 4.69) is 9.73 Å². The van der Waals surface area contributed by atoms with Crippen molar-refractivity contribution in [1.82, 2.24) is 0 Å². The number of aliphatic imine (C=N–C) groups is 1. The Kier molecular flexibility index (Phi) is 3.24. The number of hydrogen-bond acceptors (Lipinski definition) is 2. The molecule has 58 valence electrons. The maximum absolute atomic E-state index is 10.5. The van der Waals surface area contributed by atoms with Crippen molar-refractivity contribution in [2.24, 2.45) is 16.5 Å². The SMILES string of the molecule is CC(C)OC(=O)N=C(N)N. The summed E-state index contributed by atoms with van der Waals surface area (Å²) in [5.74, 6) is -0.286. The van der Waals surface area contributed by atoms with Crippen molar-refractivity contribution in [3.63, 3.8) is 0 Å². The molecule has 0 bridgehead atoms. The van der Waals surface area contributed by atoms with E-state index < -0.39 is 6.09 Å². The van der Waals surface area contributed by atoms with Crippen LogP contribution in [0.25, 0.3) is 0 Å². The van der Waals surface area contributed by atoms with Crippen LogP contribution in [0, 0.1) is 0 Å². The minimum Gasteiger partial charge on any atom is -0.445 e. The van der Waals surface area contributed by atoms with Crippen LogP contribution >= 0.6 is 0 Å². The lowest BCUT2D eigenvalue weighted by atomic mass is 10.5. The topological polar surface area (TPSA) is 90.7 Å². The van der Waals surface area contributed by atoms with E-state index in [9.17, 15) is 4.79 Å². The Bertz CT molecular complexity index is 149. The van der Waals surface area contributed by atoms with Crippen LogP contribution < -0.4 is 11.5 Å². The predicted octanol–water partition coefficient (Wildman–Crippen LogP) is -0.195. The van der Waals surface area contributed by atoms with Crippen molar-refractivity contribution < 1.29 is 9.53 Å². The molecular weight excluding hydrogens is 134 g/mol. The number of carbonyl (C=O) groups is 1. The average Bonchev–Trinajstić information content (AvgIpc) is 1.58. The van der Waals surface area contributed by atoms with Crippen molar-refractivity contribution in [2.45, 2.75) is 20.0 Å². The van der Waals surface area contributed by atoms with E-state index in [1.165, 1.54) is 0 Å². The van der Waals surface area contributed by atoms with Crippen LogP contribution in [0.4, 0.5) is 4.79 Å². The maximum Gasteiger partial charge on any atom is 0.437 e. The van der Waals surface area contributed by atoms with Crippen molar-refractivity contribution in [1.29, 1.82) is 0 Å². The summed E-state index contributed by atoms with van der Waals surface area (Å²) in [6, 6.07) is 0. The van der Waals surface area contributed by atoms with Crippen molar-refractivity contribution in [3.8, 4) is 0 Å². The molecule has 0 radical (unpaired) electrons. The van der Waals surface area contributed by atoms with E-state index in [1.807, 2.05) is 0 Å². The normalized spacial score (nSPS) is 9.10. The average molecular weight is 145 g/mol. The number of ether oxygens (including phenoxy) is 1. The van der Waals surface area contributed by atoms with Gasteiger partial charge in [0.05, 0.1) is 6.10 Å². The van der Waals surface area contributed by atoms with Crippen molar-refractivity contribution in [3.05, 3.63) is 0 Å². The van der Waals surface area contributed by atoms with Gasteiger partial charge in [0.15, 0.2) is 5.96 Å². The van der Waals surface area contributed by atoms with Gasteiger partial charge in [-0.25, -0.2) is 4.79 Å². The Morgan fingerprint density at radius 3 is 2.30 bits per heavy atom. The Morgan fingerprint density at radius 2 is 2.00 bits per heavy atom. The predicted molar refractivity (Wildman–Crippen MR) is 37.4 cm³/mol. The van der Waals surface area contributed by atoms with Crippen LogP contribution in [-0.4, -0.2) is 18.2 Å². The molecule has 5 nitrogen and oxygen atoms in total. The molecule has 0 aliphatic rings. The molecule has 0 aromatic heterocycles. The number of rotatable bonds is 1. The Balaban J connectivity index is 3.76. The van der Waals surface area contributed by atoms with Crippen LogP contribution in [0.2, 0.25) is 0 Å². The van der Waals surface area contributed by atoms with Crippen molar-refractivity contribution >= 4 is 12.1 Å². The van der Waals surface area contributed by atoms with Crippen LogP contribution in [0.3, 0.4) is 0 Å². The minimum atomic E-state index is -0.755. The van der Waals surface area contributed by atoms with Gasteiger partial charge in [-0.2, -0.15) is 0 Å². The van der Waals surface area contributed by atoms with Gasteiger partial charge in [-0.1, -0.05) is 0 Å². The second-order valence-corrected chi connectivity index (χ2v) is 1.97. The highest BCUT2D eigenvalue weighted by atomic mass is 16.6. The molecule has 5 heteroatoms. The molecule has 10 heavy (non-hydrogen) atoms. The van der Waals surface area contributed by atoms with E-state index in [0.29, 0.717) is 0 Å². The molecule has 0 aliphatic heterocycles. The first-order chi connectivity index (χ1) is 4.52. The molecule has 0 saturated heterocycles. The smallest absolute Gasteiger partial charge is 0.437 e. The Labute approximate surface area is 59.0 Å². The van der Waals surface area contributed by atoms with Gasteiger partial charge < -0.3 is 16.2 Å². The van der Waals surface area contributed by atoms with Gasteiger partial charge in [-0.05, 0) is 13.8 Å². The second kappa shape index (κ2) is 3.71. The quantitative estimate of drug-likeness (QED) is 0.395. The van der Waals surface area contributed by atoms with E-state index in [1.54, 1.807) is 13.8 Å². The summed E-state index contributed by atoms with van der Waals surface area (Å²) < 4.78 is 4.57. The standard InChI is InChI=1S/C5H11N3O2/c1-3(2)10-5(9)8-4(6)7/h3H,1-2H3,(H4,6,7,8,9). The van der Waals surface area contributed by atoms with Gasteiger partial charge in [0.25, 0.3) is 0 Å². The zero-order valence-corrected chi connectivity index (χ0v) is 6.00. The third-order valence-electron chi connectivity index (χ3n) is 0.557. The molecule has 4 N–H and O–H groups in total. The van der Waals surface area contributed by atoms with E-state index in [0.717, 1.165) is 0 Å². The van der Waals surface area contributed by atoms with Crippen molar-refractivity contribution in [2.75, 3.05) is 0 Å². The fourth-order valence-corrected chi connectivity index (χ4v) is 0.333. The third kappa shape index (κ3) is 4.89. The molecule has 0 saturated carbocycles. The maximum atomic E-state index is 10.5. The number of hydrogen-bond donors (Lipinski definition) is 2. The van der Waals surface area contributed by atoms with Crippen LogP contribution in [0.15, 0.2) is 4.99 Å². The first-order valence-corrected chi connectivity index (χ1v) is 2.82. The Morgan fingerprint density at radius 1 is 1.50 bits per heavy atom. The summed E-state index contributed by atoms with van der Waals surface area (Å²) in [7, 11) is 0. The second-order valence-electron chi connectivity index (χ2n) is 1.97. The summed E-state index contributed by atoms with van der Waals surface area (Å²) in [4.78, 5) is 13.6. The zero-order chi connectivity index (χ0) is 8.15. The van der Waals surface area contributed by atoms with Gasteiger partial charge >= 0.3 is 6.09 Å². The zero-order valence-electron chi connectivity index (χ0n) is 6.00. The number of nitrogens with zero attached hydrogens (tertiary/aromatic N) is 1. The highest BCUT2D eigenvalue weighted by Crippen LogP contribution is 1.90. The summed E-state index contributed by atoms with van der Waals surface area (Å²) in [6.07, 6.45) is -0.953. The monoisotopic (exact) mass is 145 g/mol. The number of carbonyl (C=O) groups excluding carboxylic acids is 1. The molecule has 0 spiro atoms. The highest BCUT2D eigenvalue weighted by molar-refractivity contribution is 5.87. The van der Waals surface area contributed by atoms with Gasteiger partial charge in [-0.3, -0.25) is 0 Å². The molecule has 0 unspecified atom stereocenters. The lowest BCUT2D eigenvalue weighted by Gasteiger charge is -2.02. The molecule has 0 fully saturated rings. The van der Waals surface area contributed by atoms with Crippen LogP contribution in [-0.2, 0) is 4.74 Å². The molecule has 0 rings (SSSR count). The van der Waals surface area contributed by atoms with Crippen LogP contribution in [0.1, 0.15) is 13.8 Å². The first kappa shape index (κ1) is 8.74. The fraction of sp³-hybridized carbons (Fsp3) is 0.600. The lowest BCUT2D eigenvalue weighted by Crippen LogP contribution is -2.25. The fourth-order valence-electron chi connectivity index (χ4n) is 0.333. The van der Waals surface area contributed by atoms with Gasteiger partial charge in [0.2, 0.25) is 0 Å². The van der Waals surface area contributed by atoms with E-state index in [-0.39, 0.29) is 12.1 Å². The molecule has 0 heterocycles. The molecule has 0 aromatic carbocycles. The number of guanidine groups is 1. The molecule has 1 amide bonds.